The summed E-state index contributed by atoms with van der Waals surface area (Å²) in [7, 11) is 0. The molecule has 1 saturated heterocycles. The van der Waals surface area contributed by atoms with Gasteiger partial charge in [-0.3, -0.25) is 33.9 Å². The van der Waals surface area contributed by atoms with Crippen LogP contribution in [0.5, 0.6) is 0 Å². The molecule has 0 bridgehead atoms. The normalized spacial score (nSPS) is 18.0. The Morgan fingerprint density at radius 1 is 0.658 bits per heavy atom. The van der Waals surface area contributed by atoms with Crippen LogP contribution in [-0.2, 0) is 33.4 Å². The molecule has 1 unspecified atom stereocenters. The van der Waals surface area contributed by atoms with Gasteiger partial charge in [0.1, 0.15) is 22.8 Å². The van der Waals surface area contributed by atoms with Crippen molar-refractivity contribution in [3.8, 4) is 0 Å². The molecule has 0 aliphatic carbocycles. The molecule has 0 aromatic carbocycles. The molecule has 1 rings (SSSR count). The standard InChI is InChI=1S/C27H49N3O8/c1-25(2,3)36-22(33)18-28-12-13-29(19-23(34)37-26(4,5)6)15-17-30(16-14-28)20(10-11-21(31)32)24(35)38-27(7,8)9/h20H,10-19H2,1-9H3,(H,31,32). The zero-order valence-corrected chi connectivity index (χ0v) is 24.8. The van der Waals surface area contributed by atoms with Crippen molar-refractivity contribution in [2.24, 2.45) is 0 Å². The highest BCUT2D eigenvalue weighted by atomic mass is 16.6. The molecule has 0 spiro atoms. The van der Waals surface area contributed by atoms with E-state index in [1.807, 2.05) is 56.2 Å². The first-order valence-electron chi connectivity index (χ1n) is 13.3. The molecule has 38 heavy (non-hydrogen) atoms. The van der Waals surface area contributed by atoms with Crippen LogP contribution in [0.1, 0.15) is 75.2 Å². The largest absolute Gasteiger partial charge is 0.481 e. The van der Waals surface area contributed by atoms with E-state index in [0.29, 0.717) is 39.3 Å². The van der Waals surface area contributed by atoms with E-state index in [1.165, 1.54) is 0 Å². The number of nitrogens with zero attached hydrogens (tertiary/aromatic N) is 3. The Morgan fingerprint density at radius 2 is 1.03 bits per heavy atom. The molecule has 0 saturated carbocycles. The Labute approximate surface area is 227 Å². The molecule has 0 radical (unpaired) electrons. The monoisotopic (exact) mass is 543 g/mol. The average molecular weight is 544 g/mol. The summed E-state index contributed by atoms with van der Waals surface area (Å²) in [6.45, 7) is 19.0. The van der Waals surface area contributed by atoms with Gasteiger partial charge in [-0.15, -0.1) is 0 Å². The first-order valence-corrected chi connectivity index (χ1v) is 13.3. The van der Waals surface area contributed by atoms with Gasteiger partial charge in [-0.25, -0.2) is 0 Å². The van der Waals surface area contributed by atoms with Crippen LogP contribution in [0.3, 0.4) is 0 Å². The quantitative estimate of drug-likeness (QED) is 0.340. The van der Waals surface area contributed by atoms with Gasteiger partial charge in [0.05, 0.1) is 13.1 Å². The van der Waals surface area contributed by atoms with E-state index in [-0.39, 0.29) is 37.9 Å². The van der Waals surface area contributed by atoms with Crippen LogP contribution in [0.4, 0.5) is 0 Å². The van der Waals surface area contributed by atoms with E-state index < -0.39 is 34.8 Å². The third kappa shape index (κ3) is 15.2. The second-order valence-corrected chi connectivity index (χ2v) is 12.7. The highest BCUT2D eigenvalue weighted by Gasteiger charge is 2.33. The first-order chi connectivity index (χ1) is 17.2. The van der Waals surface area contributed by atoms with Crippen molar-refractivity contribution in [3.05, 3.63) is 0 Å². The lowest BCUT2D eigenvalue weighted by atomic mass is 10.1. The maximum atomic E-state index is 13.2. The van der Waals surface area contributed by atoms with Gasteiger partial charge in [0.2, 0.25) is 0 Å². The Morgan fingerprint density at radius 3 is 1.37 bits per heavy atom. The molecule has 1 aliphatic rings. The summed E-state index contributed by atoms with van der Waals surface area (Å²) >= 11 is 0. The summed E-state index contributed by atoms with van der Waals surface area (Å²) in [6.07, 6.45) is -0.105. The van der Waals surface area contributed by atoms with Crippen molar-refractivity contribution in [1.82, 2.24) is 14.7 Å². The van der Waals surface area contributed by atoms with Gasteiger partial charge in [-0.2, -0.15) is 0 Å². The molecule has 0 amide bonds. The number of aliphatic carboxylic acids is 1. The van der Waals surface area contributed by atoms with E-state index in [1.54, 1.807) is 20.8 Å². The van der Waals surface area contributed by atoms with Crippen LogP contribution in [0, 0.1) is 0 Å². The first kappa shape index (κ1) is 33.8. The van der Waals surface area contributed by atoms with Crippen LogP contribution >= 0.6 is 0 Å². The fraction of sp³-hybridized carbons (Fsp3) is 0.852. The van der Waals surface area contributed by atoms with Gasteiger partial charge < -0.3 is 19.3 Å². The smallest absolute Gasteiger partial charge is 0.323 e. The second kappa shape index (κ2) is 14.2. The van der Waals surface area contributed by atoms with Gasteiger partial charge in [-0.1, -0.05) is 0 Å². The van der Waals surface area contributed by atoms with Crippen molar-refractivity contribution in [3.63, 3.8) is 0 Å². The van der Waals surface area contributed by atoms with Crippen LogP contribution in [0.15, 0.2) is 0 Å². The van der Waals surface area contributed by atoms with Gasteiger partial charge >= 0.3 is 23.9 Å². The maximum absolute atomic E-state index is 13.2. The molecule has 0 aromatic heterocycles. The van der Waals surface area contributed by atoms with Crippen molar-refractivity contribution >= 4 is 23.9 Å². The summed E-state index contributed by atoms with van der Waals surface area (Å²) in [5.41, 5.74) is -1.97. The number of hydrogen-bond donors (Lipinski definition) is 1. The number of esters is 3. The summed E-state index contributed by atoms with van der Waals surface area (Å²) in [5, 5.41) is 9.30. The fourth-order valence-corrected chi connectivity index (χ4v) is 3.98. The third-order valence-corrected chi connectivity index (χ3v) is 5.44. The Balaban J connectivity index is 3.18. The minimum Gasteiger partial charge on any atom is -0.481 e. The SMILES string of the molecule is CC(C)(C)OC(=O)CN1CCN(CC(=O)OC(C)(C)C)CCN(C(CCC(=O)O)C(=O)OC(C)(C)C)CC1. The molecular formula is C27H49N3O8. The second-order valence-electron chi connectivity index (χ2n) is 12.7. The Kier molecular flexibility index (Phi) is 12.7. The van der Waals surface area contributed by atoms with Crippen molar-refractivity contribution in [2.75, 3.05) is 52.4 Å². The molecule has 1 N–H and O–H groups in total. The van der Waals surface area contributed by atoms with Crippen LogP contribution in [0.2, 0.25) is 0 Å². The number of hydrogen-bond acceptors (Lipinski definition) is 10. The predicted molar refractivity (Wildman–Crippen MR) is 143 cm³/mol. The lowest BCUT2D eigenvalue weighted by Gasteiger charge is -2.33. The number of ether oxygens (including phenoxy) is 3. The molecule has 220 valence electrons. The molecule has 1 aliphatic heterocycles. The van der Waals surface area contributed by atoms with Gasteiger partial charge in [-0.05, 0) is 68.7 Å². The van der Waals surface area contributed by atoms with Crippen molar-refractivity contribution < 1.29 is 38.5 Å². The zero-order valence-electron chi connectivity index (χ0n) is 24.8. The highest BCUT2D eigenvalue weighted by molar-refractivity contribution is 5.77. The van der Waals surface area contributed by atoms with Gasteiger partial charge in [0, 0.05) is 45.7 Å². The van der Waals surface area contributed by atoms with Crippen LogP contribution < -0.4 is 0 Å². The van der Waals surface area contributed by atoms with E-state index in [4.69, 9.17) is 14.2 Å². The topological polar surface area (TPSA) is 126 Å². The number of carbonyl (C=O) groups is 4. The van der Waals surface area contributed by atoms with Crippen LogP contribution in [0.25, 0.3) is 0 Å². The summed E-state index contributed by atoms with van der Waals surface area (Å²) in [6, 6.07) is -0.782. The molecule has 0 aromatic rings. The zero-order chi connectivity index (χ0) is 29.3. The lowest BCUT2D eigenvalue weighted by molar-refractivity contribution is -0.163. The third-order valence-electron chi connectivity index (χ3n) is 5.44. The molecule has 1 heterocycles. The maximum Gasteiger partial charge on any atom is 0.323 e. The highest BCUT2D eigenvalue weighted by Crippen LogP contribution is 2.17. The molecule has 11 heteroatoms. The number of rotatable bonds is 9. The number of carboxylic acids is 1. The molecule has 1 fully saturated rings. The van der Waals surface area contributed by atoms with E-state index in [2.05, 4.69) is 0 Å². The molecule has 11 nitrogen and oxygen atoms in total. The van der Waals surface area contributed by atoms with E-state index in [0.717, 1.165) is 0 Å². The minimum absolute atomic E-state index is 0.0532. The van der Waals surface area contributed by atoms with E-state index in [9.17, 15) is 24.3 Å². The van der Waals surface area contributed by atoms with Gasteiger partial charge in [0.15, 0.2) is 0 Å². The number of carbonyl (C=O) groups excluding carboxylic acids is 3. The summed E-state index contributed by atoms with van der Waals surface area (Å²) in [5.74, 6) is -2.22. The summed E-state index contributed by atoms with van der Waals surface area (Å²) < 4.78 is 16.6. The van der Waals surface area contributed by atoms with Gasteiger partial charge in [0.25, 0.3) is 0 Å². The lowest BCUT2D eigenvalue weighted by Crippen LogP contribution is -2.49. The average Bonchev–Trinajstić information content (AvgIpc) is 2.76. The molecular weight excluding hydrogens is 494 g/mol. The van der Waals surface area contributed by atoms with E-state index >= 15 is 0 Å². The van der Waals surface area contributed by atoms with Crippen molar-refractivity contribution in [1.29, 1.82) is 0 Å². The summed E-state index contributed by atoms with van der Waals surface area (Å²) in [4.78, 5) is 55.4. The Bertz CT molecular complexity index is 769. The van der Waals surface area contributed by atoms with Crippen LogP contribution in [-0.4, -0.2) is 119 Å². The molecule has 1 atom stereocenters. The Hall–Kier alpha value is -2.24. The predicted octanol–water partition coefficient (Wildman–Crippen LogP) is 2.16. The minimum atomic E-state index is -0.999. The number of carboxylic acid groups (broad SMARTS) is 1. The van der Waals surface area contributed by atoms with Crippen molar-refractivity contribution in [2.45, 2.75) is 98.0 Å². The fourth-order valence-electron chi connectivity index (χ4n) is 3.98.